The maximum atomic E-state index is 11.2. The van der Waals surface area contributed by atoms with Crippen molar-refractivity contribution in [3.8, 4) is 11.5 Å². The Labute approximate surface area is 140 Å². The van der Waals surface area contributed by atoms with Crippen LogP contribution in [0.1, 0.15) is 12.5 Å². The Hall–Kier alpha value is -1.98. The minimum atomic E-state index is -0.318. The zero-order chi connectivity index (χ0) is 16.2. The molecule has 0 saturated carbocycles. The fourth-order valence-electron chi connectivity index (χ4n) is 2.61. The normalized spacial score (nSPS) is 16.5. The van der Waals surface area contributed by atoms with E-state index in [1.54, 1.807) is 11.8 Å². The van der Waals surface area contributed by atoms with Crippen LogP contribution >= 0.6 is 11.8 Å². The van der Waals surface area contributed by atoms with Gasteiger partial charge in [-0.2, -0.15) is 0 Å². The highest BCUT2D eigenvalue weighted by atomic mass is 32.2. The molecule has 1 unspecified atom stereocenters. The summed E-state index contributed by atoms with van der Waals surface area (Å²) < 4.78 is 5.88. The summed E-state index contributed by atoms with van der Waals surface area (Å²) in [4.78, 5) is 12.4. The van der Waals surface area contributed by atoms with Gasteiger partial charge in [0, 0.05) is 17.6 Å². The van der Waals surface area contributed by atoms with Gasteiger partial charge < -0.3 is 4.74 Å². The highest BCUT2D eigenvalue weighted by Crippen LogP contribution is 2.36. The van der Waals surface area contributed by atoms with Crippen molar-refractivity contribution in [3.63, 3.8) is 0 Å². The molecule has 1 N–H and O–H groups in total. The zero-order valence-electron chi connectivity index (χ0n) is 12.9. The van der Waals surface area contributed by atoms with E-state index in [0.717, 1.165) is 28.7 Å². The molecule has 1 atom stereocenters. The van der Waals surface area contributed by atoms with Crippen LogP contribution in [0.25, 0.3) is 0 Å². The number of carbonyl (C=O) groups is 1. The molecule has 0 bridgehead atoms. The third-order valence-corrected chi connectivity index (χ3v) is 5.14. The summed E-state index contributed by atoms with van der Waals surface area (Å²) in [5.41, 5.74) is 1.21. The fourth-order valence-corrected chi connectivity index (χ4v) is 3.74. The minimum absolute atomic E-state index is 0.244. The standard InChI is InChI=1S/C18H19NO3S/c1-13(20)19(21)11-14-9-15-10-17(7-8-18(15)23-12-14)22-16-5-3-2-4-6-16/h2-8,10,14,21H,9,11-12H2,1H3. The minimum Gasteiger partial charge on any atom is -0.457 e. The first-order chi connectivity index (χ1) is 11.1. The van der Waals surface area contributed by atoms with Gasteiger partial charge in [-0.05, 0) is 48.2 Å². The molecular formula is C18H19NO3S. The molecule has 1 aliphatic heterocycles. The molecule has 2 aromatic rings. The van der Waals surface area contributed by atoms with Gasteiger partial charge in [-0.15, -0.1) is 11.8 Å². The maximum Gasteiger partial charge on any atom is 0.242 e. The molecule has 0 radical (unpaired) electrons. The number of rotatable bonds is 4. The van der Waals surface area contributed by atoms with E-state index in [1.807, 2.05) is 36.4 Å². The summed E-state index contributed by atoms with van der Waals surface area (Å²) in [5.74, 6) is 2.44. The van der Waals surface area contributed by atoms with Gasteiger partial charge in [0.05, 0.1) is 6.54 Å². The number of nitrogens with zero attached hydrogens (tertiary/aromatic N) is 1. The van der Waals surface area contributed by atoms with E-state index in [9.17, 15) is 10.0 Å². The summed E-state index contributed by atoms with van der Waals surface area (Å²) in [5, 5.41) is 10.4. The molecule has 1 amide bonds. The van der Waals surface area contributed by atoms with Crippen LogP contribution in [0.5, 0.6) is 11.5 Å². The predicted octanol–water partition coefficient (Wildman–Crippen LogP) is 3.98. The zero-order valence-corrected chi connectivity index (χ0v) is 13.8. The Morgan fingerprint density at radius 1 is 1.26 bits per heavy atom. The average Bonchev–Trinajstić information content (AvgIpc) is 2.55. The first-order valence-corrected chi connectivity index (χ1v) is 8.56. The van der Waals surface area contributed by atoms with Crippen molar-refractivity contribution in [1.29, 1.82) is 0 Å². The van der Waals surface area contributed by atoms with Crippen molar-refractivity contribution in [3.05, 3.63) is 54.1 Å². The van der Waals surface area contributed by atoms with E-state index >= 15 is 0 Å². The Morgan fingerprint density at radius 2 is 2.04 bits per heavy atom. The number of thioether (sulfide) groups is 1. The number of amides is 1. The van der Waals surface area contributed by atoms with Crippen molar-refractivity contribution in [2.45, 2.75) is 18.2 Å². The van der Waals surface area contributed by atoms with Crippen LogP contribution in [-0.2, 0) is 11.2 Å². The van der Waals surface area contributed by atoms with Crippen LogP contribution in [-0.4, -0.2) is 28.5 Å². The van der Waals surface area contributed by atoms with Crippen LogP contribution in [0.4, 0.5) is 0 Å². The van der Waals surface area contributed by atoms with Gasteiger partial charge in [-0.25, -0.2) is 5.06 Å². The lowest BCUT2D eigenvalue weighted by Gasteiger charge is -2.27. The number of hydrogen-bond acceptors (Lipinski definition) is 4. The fraction of sp³-hybridized carbons (Fsp3) is 0.278. The van der Waals surface area contributed by atoms with Crippen molar-refractivity contribution in [2.24, 2.45) is 5.92 Å². The lowest BCUT2D eigenvalue weighted by Crippen LogP contribution is -2.33. The molecule has 4 nitrogen and oxygen atoms in total. The molecule has 0 aliphatic carbocycles. The highest BCUT2D eigenvalue weighted by Gasteiger charge is 2.22. The molecule has 0 saturated heterocycles. The molecule has 0 aromatic heterocycles. The largest absolute Gasteiger partial charge is 0.457 e. The highest BCUT2D eigenvalue weighted by molar-refractivity contribution is 7.99. The SMILES string of the molecule is CC(=O)N(O)CC1CSc2ccc(Oc3ccccc3)cc2C1. The molecule has 120 valence electrons. The van der Waals surface area contributed by atoms with Gasteiger partial charge >= 0.3 is 0 Å². The van der Waals surface area contributed by atoms with Crippen molar-refractivity contribution in [2.75, 3.05) is 12.3 Å². The molecule has 1 aliphatic rings. The Bertz CT molecular complexity index is 690. The molecule has 23 heavy (non-hydrogen) atoms. The Kier molecular flexibility index (Phi) is 4.88. The number of fused-ring (bicyclic) bond motifs is 1. The van der Waals surface area contributed by atoms with E-state index in [0.29, 0.717) is 6.54 Å². The first kappa shape index (κ1) is 15.9. The van der Waals surface area contributed by atoms with Crippen LogP contribution < -0.4 is 4.74 Å². The van der Waals surface area contributed by atoms with Gasteiger partial charge in [-0.3, -0.25) is 10.0 Å². The van der Waals surface area contributed by atoms with E-state index in [2.05, 4.69) is 12.1 Å². The third-order valence-electron chi connectivity index (χ3n) is 3.79. The number of ether oxygens (including phenoxy) is 1. The quantitative estimate of drug-likeness (QED) is 0.681. The van der Waals surface area contributed by atoms with Crippen LogP contribution in [0.2, 0.25) is 0 Å². The Balaban J connectivity index is 1.71. The lowest BCUT2D eigenvalue weighted by molar-refractivity contribution is -0.164. The van der Waals surface area contributed by atoms with Crippen molar-refractivity contribution >= 4 is 17.7 Å². The summed E-state index contributed by atoms with van der Waals surface area (Å²) in [6.45, 7) is 1.74. The second-order valence-electron chi connectivity index (χ2n) is 5.67. The number of benzene rings is 2. The molecule has 0 spiro atoms. The van der Waals surface area contributed by atoms with E-state index in [1.165, 1.54) is 17.4 Å². The van der Waals surface area contributed by atoms with Gasteiger partial charge in [0.25, 0.3) is 0 Å². The summed E-state index contributed by atoms with van der Waals surface area (Å²) in [6, 6.07) is 15.8. The second kappa shape index (κ2) is 7.06. The van der Waals surface area contributed by atoms with Crippen LogP contribution in [0.3, 0.4) is 0 Å². The monoisotopic (exact) mass is 329 g/mol. The number of carbonyl (C=O) groups excluding carboxylic acids is 1. The molecular weight excluding hydrogens is 310 g/mol. The number of hydrogen-bond donors (Lipinski definition) is 1. The lowest BCUT2D eigenvalue weighted by atomic mass is 10.00. The third kappa shape index (κ3) is 4.06. The second-order valence-corrected chi connectivity index (χ2v) is 6.73. The van der Waals surface area contributed by atoms with E-state index < -0.39 is 0 Å². The molecule has 2 aromatic carbocycles. The van der Waals surface area contributed by atoms with Crippen molar-refractivity contribution < 1.29 is 14.7 Å². The van der Waals surface area contributed by atoms with Gasteiger partial charge in [-0.1, -0.05) is 18.2 Å². The molecule has 3 rings (SSSR count). The predicted molar refractivity (Wildman–Crippen MR) is 90.0 cm³/mol. The summed E-state index contributed by atoms with van der Waals surface area (Å²) >= 11 is 1.76. The van der Waals surface area contributed by atoms with Gasteiger partial charge in [0.2, 0.25) is 5.91 Å². The Morgan fingerprint density at radius 3 is 2.78 bits per heavy atom. The molecule has 1 heterocycles. The molecule has 5 heteroatoms. The first-order valence-electron chi connectivity index (χ1n) is 7.57. The maximum absolute atomic E-state index is 11.2. The summed E-state index contributed by atoms with van der Waals surface area (Å²) in [6.07, 6.45) is 0.832. The van der Waals surface area contributed by atoms with Crippen LogP contribution in [0.15, 0.2) is 53.4 Å². The van der Waals surface area contributed by atoms with E-state index in [-0.39, 0.29) is 11.8 Å². The number of hydroxylamine groups is 2. The summed E-state index contributed by atoms with van der Waals surface area (Å²) in [7, 11) is 0. The topological polar surface area (TPSA) is 49.8 Å². The number of para-hydroxylation sites is 1. The smallest absolute Gasteiger partial charge is 0.242 e. The van der Waals surface area contributed by atoms with Gasteiger partial charge in [0.15, 0.2) is 0 Å². The van der Waals surface area contributed by atoms with Crippen LogP contribution in [0, 0.1) is 5.92 Å². The average molecular weight is 329 g/mol. The van der Waals surface area contributed by atoms with E-state index in [4.69, 9.17) is 4.74 Å². The van der Waals surface area contributed by atoms with Gasteiger partial charge in [0.1, 0.15) is 11.5 Å². The molecule has 0 fully saturated rings. The van der Waals surface area contributed by atoms with Crippen molar-refractivity contribution in [1.82, 2.24) is 5.06 Å².